The van der Waals surface area contributed by atoms with Gasteiger partial charge >= 0.3 is 0 Å². The van der Waals surface area contributed by atoms with Gasteiger partial charge in [0.25, 0.3) is 0 Å². The summed E-state index contributed by atoms with van der Waals surface area (Å²) < 4.78 is 4.47. The van der Waals surface area contributed by atoms with Gasteiger partial charge in [-0.2, -0.15) is 10.5 Å². The molecule has 3 heterocycles. The normalized spacial score (nSPS) is 11.3. The number of hydrogen-bond donors (Lipinski definition) is 0. The second-order valence-electron chi connectivity index (χ2n) is 11.7. The van der Waals surface area contributed by atoms with Crippen LogP contribution in [0.1, 0.15) is 11.4 Å². The van der Waals surface area contributed by atoms with Crippen LogP contribution in [-0.4, -0.2) is 19.1 Å². The molecule has 0 spiro atoms. The van der Waals surface area contributed by atoms with Gasteiger partial charge in [0.1, 0.15) is 23.5 Å². The van der Waals surface area contributed by atoms with Gasteiger partial charge in [-0.3, -0.25) is 0 Å². The molecule has 0 aliphatic carbocycles. The molecule has 222 valence electrons. The summed E-state index contributed by atoms with van der Waals surface area (Å²) in [6.45, 7) is 0. The summed E-state index contributed by atoms with van der Waals surface area (Å²) in [5, 5.41) is 25.1. The van der Waals surface area contributed by atoms with Crippen molar-refractivity contribution < 1.29 is 0 Å². The third-order valence-electron chi connectivity index (χ3n) is 9.07. The number of hydrogen-bond acceptors (Lipinski definition) is 4. The van der Waals surface area contributed by atoms with Gasteiger partial charge in [0.05, 0.1) is 22.1 Å². The average molecular weight is 613 g/mol. The monoisotopic (exact) mass is 612 g/mol. The Morgan fingerprint density at radius 2 is 0.667 bits per heavy atom. The van der Waals surface area contributed by atoms with Gasteiger partial charge in [0.2, 0.25) is 0 Å². The first-order valence-corrected chi connectivity index (χ1v) is 15.6. The van der Waals surface area contributed by atoms with Crippen molar-refractivity contribution in [2.45, 2.75) is 0 Å². The molecule has 6 heteroatoms. The largest absolute Gasteiger partial charge is 0.309 e. The van der Waals surface area contributed by atoms with E-state index in [0.717, 1.165) is 33.4 Å². The van der Waals surface area contributed by atoms with E-state index < -0.39 is 0 Å². The van der Waals surface area contributed by atoms with Crippen LogP contribution >= 0.6 is 0 Å². The Kier molecular flexibility index (Phi) is 6.15. The van der Waals surface area contributed by atoms with Gasteiger partial charge in [-0.05, 0) is 48.5 Å². The van der Waals surface area contributed by atoms with Crippen LogP contribution in [-0.2, 0) is 0 Å². The fourth-order valence-electron chi connectivity index (χ4n) is 6.93. The Morgan fingerprint density at radius 3 is 0.958 bits per heavy atom. The first-order valence-electron chi connectivity index (χ1n) is 15.6. The molecular weight excluding hydrogens is 589 g/mol. The Labute approximate surface area is 275 Å². The van der Waals surface area contributed by atoms with Crippen molar-refractivity contribution in [3.63, 3.8) is 0 Å². The highest BCUT2D eigenvalue weighted by Gasteiger charge is 2.19. The number of fused-ring (bicyclic) bond motifs is 6. The van der Waals surface area contributed by atoms with E-state index in [2.05, 4.69) is 94.1 Å². The van der Waals surface area contributed by atoms with Crippen molar-refractivity contribution in [2.75, 3.05) is 0 Å². The number of nitrogens with zero attached hydrogens (tertiary/aromatic N) is 6. The minimum atomic E-state index is 0.167. The molecule has 0 aliphatic rings. The first kappa shape index (κ1) is 27.3. The van der Waals surface area contributed by atoms with E-state index in [9.17, 15) is 10.5 Å². The lowest BCUT2D eigenvalue weighted by Crippen LogP contribution is -2.02. The van der Waals surface area contributed by atoms with Crippen molar-refractivity contribution >= 4 is 43.6 Å². The molecule has 0 radical (unpaired) electrons. The fourth-order valence-corrected chi connectivity index (χ4v) is 6.93. The van der Waals surface area contributed by atoms with E-state index in [0.29, 0.717) is 22.5 Å². The molecule has 0 saturated heterocycles. The van der Waals surface area contributed by atoms with Crippen molar-refractivity contribution in [2.24, 2.45) is 0 Å². The summed E-state index contributed by atoms with van der Waals surface area (Å²) in [5.74, 6) is 0. The lowest BCUT2D eigenvalue weighted by atomic mass is 10.1. The summed E-state index contributed by atoms with van der Waals surface area (Å²) in [4.78, 5) is 9.39. The Morgan fingerprint density at radius 1 is 0.375 bits per heavy atom. The van der Waals surface area contributed by atoms with Crippen LogP contribution in [0.25, 0.3) is 77.5 Å². The third kappa shape index (κ3) is 4.11. The number of aromatic nitrogens is 4. The SMILES string of the molecule is N#Cc1nc(-c2ccc(-n3c4ccccc4c4ccccc43)cc2)c(C#N)nc1-c1ccc(-n2c3ccccc3c3ccccc32)cc1. The number of benzene rings is 6. The maximum Gasteiger partial charge on any atom is 0.167 e. The van der Waals surface area contributed by atoms with Crippen LogP contribution < -0.4 is 0 Å². The van der Waals surface area contributed by atoms with Gasteiger partial charge in [-0.15, -0.1) is 0 Å². The molecule has 0 saturated carbocycles. The highest BCUT2D eigenvalue weighted by Crippen LogP contribution is 2.35. The smallest absolute Gasteiger partial charge is 0.167 e. The standard InChI is InChI=1S/C42H24N6/c43-25-35-41(27-17-21-29(22-18-27)47-37-13-5-1-9-31(37)32-10-2-6-14-38(32)47)45-36(26-44)42(46-35)28-19-23-30(24-20-28)48-39-15-7-3-11-33(39)34-12-4-8-16-40(34)48/h1-24H. The van der Waals surface area contributed by atoms with Crippen LogP contribution in [0.5, 0.6) is 0 Å². The molecule has 6 aromatic carbocycles. The zero-order valence-electron chi connectivity index (χ0n) is 25.5. The molecule has 0 fully saturated rings. The molecule has 0 unspecified atom stereocenters. The maximum atomic E-state index is 10.2. The lowest BCUT2D eigenvalue weighted by Gasteiger charge is -2.12. The molecule has 48 heavy (non-hydrogen) atoms. The van der Waals surface area contributed by atoms with E-state index >= 15 is 0 Å². The molecule has 0 atom stereocenters. The Bertz CT molecular complexity index is 2490. The summed E-state index contributed by atoms with van der Waals surface area (Å²) >= 11 is 0. The average Bonchev–Trinajstić information content (AvgIpc) is 3.68. The quantitative estimate of drug-likeness (QED) is 0.198. The summed E-state index contributed by atoms with van der Waals surface area (Å²) in [7, 11) is 0. The van der Waals surface area contributed by atoms with Gasteiger partial charge < -0.3 is 9.13 Å². The molecule has 0 N–H and O–H groups in total. The second-order valence-corrected chi connectivity index (χ2v) is 11.7. The third-order valence-corrected chi connectivity index (χ3v) is 9.07. The summed E-state index contributed by atoms with van der Waals surface area (Å²) in [6.07, 6.45) is 0. The van der Waals surface area contributed by atoms with Gasteiger partial charge in [0, 0.05) is 44.0 Å². The molecule has 9 rings (SSSR count). The van der Waals surface area contributed by atoms with Crippen LogP contribution in [0.3, 0.4) is 0 Å². The highest BCUT2D eigenvalue weighted by molar-refractivity contribution is 6.10. The zero-order valence-corrected chi connectivity index (χ0v) is 25.5. The molecule has 0 aliphatic heterocycles. The summed E-state index contributed by atoms with van der Waals surface area (Å²) in [5.41, 5.74) is 8.97. The minimum absolute atomic E-state index is 0.167. The number of para-hydroxylation sites is 4. The molecule has 0 amide bonds. The Hall–Kier alpha value is -7.02. The molecule has 9 aromatic rings. The van der Waals surface area contributed by atoms with E-state index in [1.165, 1.54) is 21.5 Å². The molecule has 0 bridgehead atoms. The highest BCUT2D eigenvalue weighted by atomic mass is 15.0. The van der Waals surface area contributed by atoms with Crippen LogP contribution in [0, 0.1) is 22.7 Å². The van der Waals surface area contributed by atoms with Crippen LogP contribution in [0.2, 0.25) is 0 Å². The molecule has 6 nitrogen and oxygen atoms in total. The topological polar surface area (TPSA) is 83.2 Å². The van der Waals surface area contributed by atoms with E-state index in [4.69, 9.17) is 9.97 Å². The minimum Gasteiger partial charge on any atom is -0.309 e. The van der Waals surface area contributed by atoms with Gasteiger partial charge in [-0.1, -0.05) is 97.1 Å². The molecular formula is C42H24N6. The maximum absolute atomic E-state index is 10.2. The summed E-state index contributed by atoms with van der Waals surface area (Å²) in [6, 6.07) is 53.7. The lowest BCUT2D eigenvalue weighted by molar-refractivity contribution is 1.14. The van der Waals surface area contributed by atoms with Gasteiger partial charge in [0.15, 0.2) is 11.4 Å². The number of rotatable bonds is 4. The predicted molar refractivity (Wildman–Crippen MR) is 191 cm³/mol. The van der Waals surface area contributed by atoms with Crippen LogP contribution in [0.4, 0.5) is 0 Å². The zero-order chi connectivity index (χ0) is 32.2. The first-order chi connectivity index (χ1) is 23.7. The van der Waals surface area contributed by atoms with Crippen molar-refractivity contribution in [3.8, 4) is 46.0 Å². The predicted octanol–water partition coefficient (Wildman–Crippen LogP) is 9.75. The van der Waals surface area contributed by atoms with Crippen molar-refractivity contribution in [1.82, 2.24) is 19.1 Å². The number of nitriles is 2. The molecule has 3 aromatic heterocycles. The van der Waals surface area contributed by atoms with Crippen molar-refractivity contribution in [1.29, 1.82) is 10.5 Å². The Balaban J connectivity index is 1.10. The van der Waals surface area contributed by atoms with E-state index in [1.54, 1.807) is 0 Å². The van der Waals surface area contributed by atoms with Crippen LogP contribution in [0.15, 0.2) is 146 Å². The van der Waals surface area contributed by atoms with E-state index in [1.807, 2.05) is 72.8 Å². The second kappa shape index (κ2) is 10.8. The van der Waals surface area contributed by atoms with E-state index in [-0.39, 0.29) is 11.4 Å². The van der Waals surface area contributed by atoms with Gasteiger partial charge in [-0.25, -0.2) is 9.97 Å². The van der Waals surface area contributed by atoms with Crippen molar-refractivity contribution in [3.05, 3.63) is 157 Å². The fraction of sp³-hybridized carbons (Fsp3) is 0.